The molecule has 0 spiro atoms. The molecule has 0 aliphatic heterocycles. The number of carbonyl (C=O) groups excluding carboxylic acids is 2. The molecule has 0 aliphatic carbocycles. The van der Waals surface area contributed by atoms with E-state index in [1.807, 2.05) is 0 Å². The second-order valence-electron chi connectivity index (χ2n) is 1.87. The fourth-order valence-corrected chi connectivity index (χ4v) is 0.434. The first kappa shape index (κ1) is 9.46. The van der Waals surface area contributed by atoms with E-state index >= 15 is 0 Å². The van der Waals surface area contributed by atoms with Crippen molar-refractivity contribution in [3.8, 4) is 12.3 Å². The van der Waals surface area contributed by atoms with Gasteiger partial charge < -0.3 is 11.5 Å². The van der Waals surface area contributed by atoms with Gasteiger partial charge in [0.15, 0.2) is 0 Å². The molecule has 0 fully saturated rings. The van der Waals surface area contributed by atoms with Crippen LogP contribution in [0, 0.1) is 12.3 Å². The summed E-state index contributed by atoms with van der Waals surface area (Å²) in [5.74, 6) is 1.53. The number of nitrogens with two attached hydrogens (primary N) is 2. The van der Waals surface area contributed by atoms with Gasteiger partial charge in [-0.15, -0.1) is 12.3 Å². The van der Waals surface area contributed by atoms with Crippen LogP contribution in [0.1, 0.15) is 6.42 Å². The van der Waals surface area contributed by atoms with E-state index in [0.717, 1.165) is 0 Å². The molecule has 11 heavy (non-hydrogen) atoms. The van der Waals surface area contributed by atoms with Crippen LogP contribution in [0.4, 0.5) is 4.79 Å². The molecule has 5 heteroatoms. The van der Waals surface area contributed by atoms with Crippen LogP contribution in [0.25, 0.3) is 0 Å². The Labute approximate surface area is 64.1 Å². The Bertz CT molecular complexity index is 206. The number of rotatable bonds is 2. The number of nitrogens with one attached hydrogen (secondary N) is 1. The zero-order valence-electron chi connectivity index (χ0n) is 5.83. The van der Waals surface area contributed by atoms with Crippen LogP contribution < -0.4 is 16.8 Å². The minimum atomic E-state index is -0.928. The van der Waals surface area contributed by atoms with Crippen LogP contribution in [-0.2, 0) is 4.79 Å². The highest BCUT2D eigenvalue weighted by Gasteiger charge is 2.12. The topological polar surface area (TPSA) is 98.2 Å². The summed E-state index contributed by atoms with van der Waals surface area (Å²) in [7, 11) is 0. The molecular weight excluding hydrogens is 146 g/mol. The zero-order chi connectivity index (χ0) is 8.85. The van der Waals surface area contributed by atoms with Crippen LogP contribution in [0.3, 0.4) is 0 Å². The van der Waals surface area contributed by atoms with Crippen LogP contribution in [0.15, 0.2) is 0 Å². The van der Waals surface area contributed by atoms with Gasteiger partial charge in [0.05, 0.1) is 6.04 Å². The molecule has 0 rings (SSSR count). The Hall–Kier alpha value is -1.54. The van der Waals surface area contributed by atoms with E-state index in [9.17, 15) is 9.59 Å². The second kappa shape index (κ2) is 4.30. The van der Waals surface area contributed by atoms with Gasteiger partial charge in [-0.05, 0) is 0 Å². The minimum absolute atomic E-state index is 0.0825. The van der Waals surface area contributed by atoms with Crippen molar-refractivity contribution in [2.24, 2.45) is 11.5 Å². The minimum Gasteiger partial charge on any atom is -0.351 e. The smallest absolute Gasteiger partial charge is 0.318 e. The highest BCUT2D eigenvalue weighted by molar-refractivity contribution is 5.96. The van der Waals surface area contributed by atoms with Gasteiger partial charge in [-0.1, -0.05) is 0 Å². The molecule has 0 saturated carbocycles. The van der Waals surface area contributed by atoms with Crippen LogP contribution >= 0.6 is 0 Å². The highest BCUT2D eigenvalue weighted by Crippen LogP contribution is 1.84. The molecule has 0 heterocycles. The maximum absolute atomic E-state index is 10.7. The molecule has 0 saturated heterocycles. The number of hydrogen-bond acceptors (Lipinski definition) is 3. The van der Waals surface area contributed by atoms with Gasteiger partial charge in [0.1, 0.15) is 0 Å². The van der Waals surface area contributed by atoms with Crippen LogP contribution in [0.5, 0.6) is 0 Å². The summed E-state index contributed by atoms with van der Waals surface area (Å²) in [6.45, 7) is 0. The number of hydrogen-bond donors (Lipinski definition) is 3. The summed E-state index contributed by atoms with van der Waals surface area (Å²) >= 11 is 0. The fourth-order valence-electron chi connectivity index (χ4n) is 0.434. The molecule has 1 unspecified atom stereocenters. The quantitative estimate of drug-likeness (QED) is 0.424. The summed E-state index contributed by atoms with van der Waals surface area (Å²) in [5, 5.41) is 1.81. The molecule has 0 aromatic carbocycles. The Morgan fingerprint density at radius 3 is 2.55 bits per heavy atom. The molecule has 5 N–H and O–H groups in total. The third kappa shape index (κ3) is 3.95. The van der Waals surface area contributed by atoms with Crippen molar-refractivity contribution < 1.29 is 9.59 Å². The Morgan fingerprint density at radius 2 is 2.18 bits per heavy atom. The van der Waals surface area contributed by atoms with Gasteiger partial charge in [0.2, 0.25) is 5.91 Å². The average Bonchev–Trinajstić information content (AvgIpc) is 1.86. The fraction of sp³-hybridized carbons (Fsp3) is 0.333. The first-order valence-corrected chi connectivity index (χ1v) is 2.87. The lowest BCUT2D eigenvalue weighted by Crippen LogP contribution is -2.45. The van der Waals surface area contributed by atoms with E-state index in [1.54, 1.807) is 5.32 Å². The molecule has 3 amide bonds. The Morgan fingerprint density at radius 1 is 1.64 bits per heavy atom. The van der Waals surface area contributed by atoms with Gasteiger partial charge in [-0.2, -0.15) is 0 Å². The summed E-state index contributed by atoms with van der Waals surface area (Å²) in [6, 6.07) is -1.80. The lowest BCUT2D eigenvalue weighted by atomic mass is 10.2. The van der Waals surface area contributed by atoms with E-state index in [-0.39, 0.29) is 6.42 Å². The predicted molar refractivity (Wildman–Crippen MR) is 39.2 cm³/mol. The Balaban J connectivity index is 3.85. The lowest BCUT2D eigenvalue weighted by Gasteiger charge is -2.05. The molecule has 0 aliphatic rings. The van der Waals surface area contributed by atoms with Crippen molar-refractivity contribution in [1.29, 1.82) is 0 Å². The normalized spacial score (nSPS) is 11.3. The first-order chi connectivity index (χ1) is 5.07. The number of urea groups is 1. The lowest BCUT2D eigenvalue weighted by molar-refractivity contribution is -0.121. The highest BCUT2D eigenvalue weighted by atomic mass is 16.2. The number of amides is 3. The third-order valence-electron chi connectivity index (χ3n) is 0.921. The van der Waals surface area contributed by atoms with E-state index in [4.69, 9.17) is 12.2 Å². The van der Waals surface area contributed by atoms with Gasteiger partial charge in [-0.3, -0.25) is 10.1 Å². The third-order valence-corrected chi connectivity index (χ3v) is 0.921. The molecule has 0 radical (unpaired) electrons. The summed E-state index contributed by atoms with van der Waals surface area (Å²) in [4.78, 5) is 20.8. The van der Waals surface area contributed by atoms with Crippen molar-refractivity contribution in [3.63, 3.8) is 0 Å². The summed E-state index contributed by atoms with van der Waals surface area (Å²) in [5.41, 5.74) is 9.86. The van der Waals surface area contributed by atoms with Crippen LogP contribution in [-0.4, -0.2) is 18.0 Å². The van der Waals surface area contributed by atoms with Crippen molar-refractivity contribution in [2.45, 2.75) is 12.5 Å². The van der Waals surface area contributed by atoms with Gasteiger partial charge in [0, 0.05) is 6.42 Å². The molecule has 60 valence electrons. The maximum Gasteiger partial charge on any atom is 0.318 e. The standard InChI is InChI=1S/C6H9N3O2/c1-2-3-4(7)5(10)9-6(8)11/h1,4H,3,7H2,(H3,8,9,10,11). The SMILES string of the molecule is C#CCC(N)C(=O)NC(N)=O. The van der Waals surface area contributed by atoms with Crippen LogP contribution in [0.2, 0.25) is 0 Å². The van der Waals surface area contributed by atoms with E-state index in [1.165, 1.54) is 0 Å². The second-order valence-corrected chi connectivity index (χ2v) is 1.87. The number of carbonyl (C=O) groups is 2. The van der Waals surface area contributed by atoms with Crippen molar-refractivity contribution in [1.82, 2.24) is 5.32 Å². The molecule has 0 aromatic heterocycles. The van der Waals surface area contributed by atoms with Crippen molar-refractivity contribution in [3.05, 3.63) is 0 Å². The maximum atomic E-state index is 10.7. The number of terminal acetylenes is 1. The van der Waals surface area contributed by atoms with E-state index in [2.05, 4.69) is 11.7 Å². The predicted octanol–water partition coefficient (Wildman–Crippen LogP) is -1.47. The first-order valence-electron chi connectivity index (χ1n) is 2.87. The number of primary amides is 1. The van der Waals surface area contributed by atoms with Gasteiger partial charge in [-0.25, -0.2) is 4.79 Å². The van der Waals surface area contributed by atoms with Gasteiger partial charge >= 0.3 is 6.03 Å². The Kier molecular flexibility index (Phi) is 3.70. The largest absolute Gasteiger partial charge is 0.351 e. The molecule has 1 atom stereocenters. The van der Waals surface area contributed by atoms with Crippen molar-refractivity contribution in [2.75, 3.05) is 0 Å². The van der Waals surface area contributed by atoms with E-state index in [0.29, 0.717) is 0 Å². The molecule has 0 aromatic rings. The van der Waals surface area contributed by atoms with E-state index < -0.39 is 18.0 Å². The van der Waals surface area contributed by atoms with Gasteiger partial charge in [0.25, 0.3) is 0 Å². The average molecular weight is 155 g/mol. The number of imide groups is 1. The van der Waals surface area contributed by atoms with Crippen molar-refractivity contribution >= 4 is 11.9 Å². The molecule has 5 nitrogen and oxygen atoms in total. The molecular formula is C6H9N3O2. The zero-order valence-corrected chi connectivity index (χ0v) is 5.83. The summed E-state index contributed by atoms with van der Waals surface area (Å²) < 4.78 is 0. The summed E-state index contributed by atoms with van der Waals surface area (Å²) in [6.07, 6.45) is 4.95. The monoisotopic (exact) mass is 155 g/mol. The molecule has 0 bridgehead atoms.